The highest BCUT2D eigenvalue weighted by atomic mass is 16.3. The van der Waals surface area contributed by atoms with Crippen LogP contribution in [-0.4, -0.2) is 5.11 Å². The van der Waals surface area contributed by atoms with Crippen LogP contribution in [0.3, 0.4) is 0 Å². The van der Waals surface area contributed by atoms with E-state index in [4.69, 9.17) is 0 Å². The van der Waals surface area contributed by atoms with Crippen molar-refractivity contribution in [2.24, 2.45) is 0 Å². The van der Waals surface area contributed by atoms with Crippen molar-refractivity contribution in [1.29, 1.82) is 0 Å². The Labute approximate surface area is 115 Å². The number of rotatable bonds is 3. The van der Waals surface area contributed by atoms with E-state index < -0.39 is 6.10 Å². The van der Waals surface area contributed by atoms with E-state index in [-0.39, 0.29) is 0 Å². The van der Waals surface area contributed by atoms with E-state index >= 15 is 0 Å². The molecule has 0 aliphatic carbocycles. The van der Waals surface area contributed by atoms with Gasteiger partial charge in [0.2, 0.25) is 0 Å². The summed E-state index contributed by atoms with van der Waals surface area (Å²) in [6.45, 7) is 5.95. The van der Waals surface area contributed by atoms with Gasteiger partial charge in [0, 0.05) is 0 Å². The van der Waals surface area contributed by atoms with Gasteiger partial charge in [-0.2, -0.15) is 0 Å². The SMILES string of the molecule is CC=C(C)c1ccc(-c2cccc(C(C)O)c2)cc1. The Morgan fingerprint density at radius 3 is 2.32 bits per heavy atom. The molecule has 19 heavy (non-hydrogen) atoms. The quantitative estimate of drug-likeness (QED) is 0.829. The molecule has 2 aromatic rings. The highest BCUT2D eigenvalue weighted by molar-refractivity contribution is 5.69. The second-order valence-corrected chi connectivity index (χ2v) is 4.85. The lowest BCUT2D eigenvalue weighted by atomic mass is 9.98. The molecule has 1 heteroatoms. The van der Waals surface area contributed by atoms with Crippen molar-refractivity contribution >= 4 is 5.57 Å². The van der Waals surface area contributed by atoms with Crippen molar-refractivity contribution in [3.63, 3.8) is 0 Å². The average molecular weight is 252 g/mol. The second-order valence-electron chi connectivity index (χ2n) is 4.85. The molecule has 1 atom stereocenters. The Morgan fingerprint density at radius 1 is 1.05 bits per heavy atom. The third-order valence-electron chi connectivity index (χ3n) is 3.48. The molecular formula is C18H20O. The summed E-state index contributed by atoms with van der Waals surface area (Å²) in [7, 11) is 0. The van der Waals surface area contributed by atoms with Crippen LogP contribution in [0.5, 0.6) is 0 Å². The van der Waals surface area contributed by atoms with Crippen LogP contribution in [0.15, 0.2) is 54.6 Å². The van der Waals surface area contributed by atoms with Crippen LogP contribution in [0, 0.1) is 0 Å². The first kappa shape index (κ1) is 13.6. The van der Waals surface area contributed by atoms with Crippen LogP contribution >= 0.6 is 0 Å². The van der Waals surface area contributed by atoms with Crippen LogP contribution in [0.2, 0.25) is 0 Å². The number of hydrogen-bond donors (Lipinski definition) is 1. The largest absolute Gasteiger partial charge is 0.389 e. The van der Waals surface area contributed by atoms with E-state index in [1.54, 1.807) is 6.92 Å². The van der Waals surface area contributed by atoms with Crippen LogP contribution in [0.1, 0.15) is 38.0 Å². The van der Waals surface area contributed by atoms with Crippen molar-refractivity contribution in [2.45, 2.75) is 26.9 Å². The summed E-state index contributed by atoms with van der Waals surface area (Å²) in [5, 5.41) is 9.64. The maximum Gasteiger partial charge on any atom is 0.0762 e. The van der Waals surface area contributed by atoms with Gasteiger partial charge < -0.3 is 5.11 Å². The molecule has 0 aliphatic heterocycles. The molecule has 1 nitrogen and oxygen atoms in total. The summed E-state index contributed by atoms with van der Waals surface area (Å²) < 4.78 is 0. The van der Waals surface area contributed by atoms with Crippen molar-refractivity contribution in [3.8, 4) is 11.1 Å². The fourth-order valence-corrected chi connectivity index (χ4v) is 2.07. The molecule has 0 saturated carbocycles. The molecule has 0 fully saturated rings. The molecule has 2 aromatic carbocycles. The van der Waals surface area contributed by atoms with Gasteiger partial charge in [0.15, 0.2) is 0 Å². The minimum Gasteiger partial charge on any atom is -0.389 e. The molecule has 1 unspecified atom stereocenters. The van der Waals surface area contributed by atoms with Crippen molar-refractivity contribution in [3.05, 3.63) is 65.7 Å². The number of aliphatic hydroxyl groups is 1. The average Bonchev–Trinajstić information content (AvgIpc) is 2.46. The molecule has 0 saturated heterocycles. The summed E-state index contributed by atoms with van der Waals surface area (Å²) in [4.78, 5) is 0. The van der Waals surface area contributed by atoms with Crippen LogP contribution < -0.4 is 0 Å². The Hall–Kier alpha value is -1.86. The van der Waals surface area contributed by atoms with E-state index in [9.17, 15) is 5.11 Å². The van der Waals surface area contributed by atoms with Gasteiger partial charge in [0.05, 0.1) is 6.10 Å². The van der Waals surface area contributed by atoms with Gasteiger partial charge in [-0.25, -0.2) is 0 Å². The summed E-state index contributed by atoms with van der Waals surface area (Å²) in [6.07, 6.45) is 1.69. The maximum atomic E-state index is 9.64. The van der Waals surface area contributed by atoms with Crippen molar-refractivity contribution in [2.75, 3.05) is 0 Å². The second kappa shape index (κ2) is 5.85. The molecule has 0 spiro atoms. The Balaban J connectivity index is 2.34. The Kier molecular flexibility index (Phi) is 4.18. The van der Waals surface area contributed by atoms with Crippen molar-refractivity contribution in [1.82, 2.24) is 0 Å². The van der Waals surface area contributed by atoms with E-state index in [1.807, 2.05) is 18.2 Å². The molecule has 0 heterocycles. The molecule has 0 amide bonds. The first-order chi connectivity index (χ1) is 9.11. The van der Waals surface area contributed by atoms with Crippen LogP contribution in [0.4, 0.5) is 0 Å². The van der Waals surface area contributed by atoms with Gasteiger partial charge in [0.25, 0.3) is 0 Å². The number of allylic oxidation sites excluding steroid dienone is 2. The number of aliphatic hydroxyl groups excluding tert-OH is 1. The summed E-state index contributed by atoms with van der Waals surface area (Å²) in [5.74, 6) is 0. The van der Waals surface area contributed by atoms with E-state index in [2.05, 4.69) is 50.3 Å². The predicted molar refractivity (Wildman–Crippen MR) is 81.8 cm³/mol. The number of benzene rings is 2. The molecule has 98 valence electrons. The first-order valence-electron chi connectivity index (χ1n) is 6.63. The van der Waals surface area contributed by atoms with Crippen molar-refractivity contribution < 1.29 is 5.11 Å². The normalized spacial score (nSPS) is 13.4. The molecule has 0 aliphatic rings. The summed E-state index contributed by atoms with van der Waals surface area (Å²) in [6, 6.07) is 16.6. The Morgan fingerprint density at radius 2 is 1.74 bits per heavy atom. The summed E-state index contributed by atoms with van der Waals surface area (Å²) >= 11 is 0. The van der Waals surface area contributed by atoms with Gasteiger partial charge in [-0.3, -0.25) is 0 Å². The van der Waals surface area contributed by atoms with Gasteiger partial charge in [-0.05, 0) is 54.7 Å². The van der Waals surface area contributed by atoms with E-state index in [0.29, 0.717) is 0 Å². The topological polar surface area (TPSA) is 20.2 Å². The zero-order valence-electron chi connectivity index (χ0n) is 11.7. The molecule has 2 rings (SSSR count). The monoisotopic (exact) mass is 252 g/mol. The first-order valence-corrected chi connectivity index (χ1v) is 6.63. The highest BCUT2D eigenvalue weighted by Gasteiger charge is 2.03. The molecule has 1 N–H and O–H groups in total. The molecular weight excluding hydrogens is 232 g/mol. The van der Waals surface area contributed by atoms with Gasteiger partial charge in [-0.15, -0.1) is 0 Å². The van der Waals surface area contributed by atoms with E-state index in [1.165, 1.54) is 16.7 Å². The molecule has 0 bridgehead atoms. The lowest BCUT2D eigenvalue weighted by molar-refractivity contribution is 0.199. The third-order valence-corrected chi connectivity index (χ3v) is 3.48. The van der Waals surface area contributed by atoms with Gasteiger partial charge >= 0.3 is 0 Å². The Bertz CT molecular complexity index is 577. The van der Waals surface area contributed by atoms with Crippen LogP contribution in [-0.2, 0) is 0 Å². The molecule has 0 radical (unpaired) electrons. The van der Waals surface area contributed by atoms with Gasteiger partial charge in [0.1, 0.15) is 0 Å². The zero-order valence-corrected chi connectivity index (χ0v) is 11.7. The fourth-order valence-electron chi connectivity index (χ4n) is 2.07. The lowest BCUT2D eigenvalue weighted by Gasteiger charge is -2.08. The zero-order chi connectivity index (χ0) is 13.8. The predicted octanol–water partition coefficient (Wildman–Crippen LogP) is 4.83. The molecule has 0 aromatic heterocycles. The smallest absolute Gasteiger partial charge is 0.0762 e. The fraction of sp³-hybridized carbons (Fsp3) is 0.222. The lowest BCUT2D eigenvalue weighted by Crippen LogP contribution is -1.91. The maximum absolute atomic E-state index is 9.64. The summed E-state index contributed by atoms with van der Waals surface area (Å²) in [5.41, 5.74) is 5.80. The minimum atomic E-state index is -0.426. The van der Waals surface area contributed by atoms with E-state index in [0.717, 1.165) is 11.1 Å². The van der Waals surface area contributed by atoms with Gasteiger partial charge in [-0.1, -0.05) is 48.5 Å². The minimum absolute atomic E-state index is 0.426. The van der Waals surface area contributed by atoms with Crippen LogP contribution in [0.25, 0.3) is 16.7 Å². The highest BCUT2D eigenvalue weighted by Crippen LogP contribution is 2.25. The standard InChI is InChI=1S/C18H20O/c1-4-13(2)15-8-10-16(11-9-15)18-7-5-6-17(12-18)14(3)19/h4-12,14,19H,1-3H3. The third kappa shape index (κ3) is 3.12. The number of hydrogen-bond acceptors (Lipinski definition) is 1.